The van der Waals surface area contributed by atoms with Gasteiger partial charge in [-0.3, -0.25) is 9.59 Å². The first-order chi connectivity index (χ1) is 39.5. The zero-order chi connectivity index (χ0) is 57.8. The molecule has 476 valence electrons. The van der Waals surface area contributed by atoms with Gasteiger partial charge < -0.3 is 20.3 Å². The summed E-state index contributed by atoms with van der Waals surface area (Å²) in [7, 11) is 0. The van der Waals surface area contributed by atoms with Gasteiger partial charge in [0.25, 0.3) is 0 Å². The number of hydrogen-bond acceptors (Lipinski definition) is 5. The number of amides is 1. The van der Waals surface area contributed by atoms with Gasteiger partial charge in [0.1, 0.15) is 0 Å². The van der Waals surface area contributed by atoms with Gasteiger partial charge in [-0.2, -0.15) is 0 Å². The largest absolute Gasteiger partial charge is 0.466 e. The lowest BCUT2D eigenvalue weighted by Gasteiger charge is -2.22. The van der Waals surface area contributed by atoms with E-state index >= 15 is 0 Å². The number of carbonyl (C=O) groups is 2. The van der Waals surface area contributed by atoms with E-state index in [1.807, 2.05) is 0 Å². The Hall–Kier alpha value is -1.40. The minimum absolute atomic E-state index is 0.0196. The molecule has 80 heavy (non-hydrogen) atoms. The fraction of sp³-hybridized carbons (Fsp3) is 0.946. The molecule has 6 nitrogen and oxygen atoms in total. The number of aliphatic hydroxyl groups is 2. The first kappa shape index (κ1) is 78.6. The first-order valence-electron chi connectivity index (χ1n) is 36.9. The average molecular weight is 1130 g/mol. The number of unbranched alkanes of at least 4 members (excludes halogenated alkanes) is 57. The van der Waals surface area contributed by atoms with Gasteiger partial charge in [-0.25, -0.2) is 0 Å². The van der Waals surface area contributed by atoms with E-state index in [-0.39, 0.29) is 18.5 Å². The minimum Gasteiger partial charge on any atom is -0.466 e. The molecule has 6 heteroatoms. The van der Waals surface area contributed by atoms with E-state index in [9.17, 15) is 19.8 Å². The number of hydrogen-bond donors (Lipinski definition) is 3. The van der Waals surface area contributed by atoms with E-state index in [0.717, 1.165) is 38.5 Å². The van der Waals surface area contributed by atoms with Crippen molar-refractivity contribution in [3.05, 3.63) is 12.2 Å². The molecule has 0 aliphatic rings. The standard InChI is InChI=1S/C74H145NO5/c1-3-5-7-9-11-13-15-17-19-21-22-31-35-38-42-46-50-54-58-62-66-72(77)71(70-76)75-73(78)67-63-59-55-51-47-43-39-36-32-29-27-25-23-24-26-28-30-33-37-41-45-49-53-57-61-65-69-80-74(79)68-64-60-56-52-48-44-40-34-20-18-16-14-12-10-8-6-4-2/h23,25,71-72,76-77H,3-22,24,26-70H2,1-2H3,(H,75,78)/b25-23-. The lowest BCUT2D eigenvalue weighted by molar-refractivity contribution is -0.143. The molecule has 0 radical (unpaired) electrons. The van der Waals surface area contributed by atoms with Crippen LogP contribution < -0.4 is 5.32 Å². The molecule has 2 unspecified atom stereocenters. The maximum absolute atomic E-state index is 12.5. The van der Waals surface area contributed by atoms with Crippen molar-refractivity contribution in [2.45, 2.75) is 437 Å². The topological polar surface area (TPSA) is 95.9 Å². The molecular weight excluding hydrogens is 983 g/mol. The Labute approximate surface area is 501 Å². The fourth-order valence-electron chi connectivity index (χ4n) is 11.9. The van der Waals surface area contributed by atoms with E-state index < -0.39 is 12.1 Å². The number of nitrogens with one attached hydrogen (secondary N) is 1. The van der Waals surface area contributed by atoms with Crippen molar-refractivity contribution >= 4 is 11.9 Å². The molecule has 2 atom stereocenters. The van der Waals surface area contributed by atoms with E-state index in [1.54, 1.807) is 0 Å². The number of aliphatic hydroxyl groups excluding tert-OH is 2. The Morgan fingerprint density at radius 2 is 0.588 bits per heavy atom. The quantitative estimate of drug-likeness (QED) is 0.0320. The van der Waals surface area contributed by atoms with Gasteiger partial charge in [-0.15, -0.1) is 0 Å². The Balaban J connectivity index is 3.37. The highest BCUT2D eigenvalue weighted by Crippen LogP contribution is 2.19. The van der Waals surface area contributed by atoms with Crippen molar-refractivity contribution in [2.75, 3.05) is 13.2 Å². The van der Waals surface area contributed by atoms with Crippen molar-refractivity contribution in [1.29, 1.82) is 0 Å². The van der Waals surface area contributed by atoms with Crippen LogP contribution in [0.1, 0.15) is 425 Å². The molecule has 0 spiro atoms. The smallest absolute Gasteiger partial charge is 0.305 e. The molecule has 0 saturated heterocycles. The van der Waals surface area contributed by atoms with Gasteiger partial charge in [0.05, 0.1) is 25.4 Å². The van der Waals surface area contributed by atoms with Crippen molar-refractivity contribution in [1.82, 2.24) is 5.32 Å². The molecule has 0 aromatic heterocycles. The summed E-state index contributed by atoms with van der Waals surface area (Å²) in [5.41, 5.74) is 0. The fourth-order valence-corrected chi connectivity index (χ4v) is 11.9. The molecule has 0 aromatic rings. The highest BCUT2D eigenvalue weighted by molar-refractivity contribution is 5.76. The molecule has 0 aliphatic heterocycles. The van der Waals surface area contributed by atoms with E-state index in [2.05, 4.69) is 31.3 Å². The molecule has 0 heterocycles. The lowest BCUT2D eigenvalue weighted by Crippen LogP contribution is -2.45. The summed E-state index contributed by atoms with van der Waals surface area (Å²) in [5.74, 6) is -0.0124. The van der Waals surface area contributed by atoms with Crippen LogP contribution >= 0.6 is 0 Å². The molecule has 0 fully saturated rings. The van der Waals surface area contributed by atoms with Crippen molar-refractivity contribution in [3.8, 4) is 0 Å². The Bertz CT molecular complexity index is 1210. The normalized spacial score (nSPS) is 12.5. The van der Waals surface area contributed by atoms with Gasteiger partial charge in [0.15, 0.2) is 0 Å². The molecule has 0 rings (SSSR count). The Morgan fingerprint density at radius 1 is 0.338 bits per heavy atom. The van der Waals surface area contributed by atoms with Crippen LogP contribution in [0.25, 0.3) is 0 Å². The monoisotopic (exact) mass is 1130 g/mol. The van der Waals surface area contributed by atoms with Crippen LogP contribution in [-0.2, 0) is 14.3 Å². The molecule has 0 saturated carbocycles. The van der Waals surface area contributed by atoms with Crippen LogP contribution in [0, 0.1) is 0 Å². The molecule has 3 N–H and O–H groups in total. The van der Waals surface area contributed by atoms with Gasteiger partial charge in [0, 0.05) is 12.8 Å². The first-order valence-corrected chi connectivity index (χ1v) is 36.9. The van der Waals surface area contributed by atoms with Gasteiger partial charge in [-0.05, 0) is 51.4 Å². The number of esters is 1. The van der Waals surface area contributed by atoms with Gasteiger partial charge in [0.2, 0.25) is 5.91 Å². The Kier molecular flexibility index (Phi) is 68.9. The minimum atomic E-state index is -0.666. The van der Waals surface area contributed by atoms with Gasteiger partial charge in [-0.1, -0.05) is 373 Å². The van der Waals surface area contributed by atoms with Crippen molar-refractivity contribution < 1.29 is 24.5 Å². The second-order valence-electron chi connectivity index (χ2n) is 25.6. The summed E-state index contributed by atoms with van der Waals surface area (Å²) < 4.78 is 5.51. The van der Waals surface area contributed by atoms with Crippen LogP contribution in [0.3, 0.4) is 0 Å². The maximum Gasteiger partial charge on any atom is 0.305 e. The predicted octanol–water partition coefficient (Wildman–Crippen LogP) is 23.9. The molecule has 0 aromatic carbocycles. The zero-order valence-electron chi connectivity index (χ0n) is 54.6. The number of ether oxygens (including phenoxy) is 1. The van der Waals surface area contributed by atoms with Crippen molar-refractivity contribution in [3.63, 3.8) is 0 Å². The second-order valence-corrected chi connectivity index (χ2v) is 25.6. The summed E-state index contributed by atoms with van der Waals surface area (Å²) >= 11 is 0. The SMILES string of the molecule is CCCCCCCCCCCCCCCCCCCCCCC(O)C(CO)NC(=O)CCCCCCCCCCCC/C=C\CCCCCCCCCCCCCCOC(=O)CCCCCCCCCCCCCCCCCCC. The van der Waals surface area contributed by atoms with E-state index in [4.69, 9.17) is 4.74 Å². The third kappa shape index (κ3) is 65.7. The average Bonchev–Trinajstić information content (AvgIpc) is 3.46. The highest BCUT2D eigenvalue weighted by atomic mass is 16.5. The molecule has 0 aliphatic carbocycles. The van der Waals surface area contributed by atoms with Crippen LogP contribution in [-0.4, -0.2) is 47.4 Å². The maximum atomic E-state index is 12.5. The summed E-state index contributed by atoms with van der Waals surface area (Å²) in [4.78, 5) is 24.7. The van der Waals surface area contributed by atoms with Gasteiger partial charge >= 0.3 is 5.97 Å². The number of allylic oxidation sites excluding steroid dienone is 2. The number of rotatable bonds is 70. The summed E-state index contributed by atoms with van der Waals surface area (Å²) in [6.07, 6.45) is 87.0. The molecule has 1 amide bonds. The second kappa shape index (κ2) is 70.1. The highest BCUT2D eigenvalue weighted by Gasteiger charge is 2.20. The van der Waals surface area contributed by atoms with E-state index in [1.165, 1.54) is 353 Å². The zero-order valence-corrected chi connectivity index (χ0v) is 54.6. The van der Waals surface area contributed by atoms with Crippen LogP contribution in [0.5, 0.6) is 0 Å². The summed E-state index contributed by atoms with van der Waals surface area (Å²) in [6, 6.07) is -0.543. The molecule has 0 bridgehead atoms. The van der Waals surface area contributed by atoms with Crippen LogP contribution in [0.4, 0.5) is 0 Å². The predicted molar refractivity (Wildman–Crippen MR) is 352 cm³/mol. The van der Waals surface area contributed by atoms with E-state index in [0.29, 0.717) is 25.9 Å². The van der Waals surface area contributed by atoms with Crippen LogP contribution in [0.15, 0.2) is 12.2 Å². The third-order valence-corrected chi connectivity index (χ3v) is 17.6. The number of carbonyl (C=O) groups excluding carboxylic acids is 2. The van der Waals surface area contributed by atoms with Crippen molar-refractivity contribution in [2.24, 2.45) is 0 Å². The summed E-state index contributed by atoms with van der Waals surface area (Å²) in [5, 5.41) is 23.4. The lowest BCUT2D eigenvalue weighted by atomic mass is 10.0. The van der Waals surface area contributed by atoms with Crippen LogP contribution in [0.2, 0.25) is 0 Å². The Morgan fingerprint density at radius 3 is 0.887 bits per heavy atom. The molecular formula is C74H145NO5. The summed E-state index contributed by atoms with van der Waals surface area (Å²) in [6.45, 7) is 5.01. The third-order valence-electron chi connectivity index (χ3n) is 17.6.